The molecule has 2 rings (SSSR count). The lowest BCUT2D eigenvalue weighted by Crippen LogP contribution is -2.08. The summed E-state index contributed by atoms with van der Waals surface area (Å²) in [6, 6.07) is 10.0. The standard InChI is InChI=1S/C15H20N4/c1-4-5-12-10-14(16)18-15(17-12)11-6-8-13(9-7-11)19(2)3/h6-10H,4-5H2,1-3H3,(H2,16,17,18). The molecular formula is C15H20N4. The topological polar surface area (TPSA) is 55.0 Å². The molecule has 2 aromatic rings. The van der Waals surface area contributed by atoms with E-state index in [4.69, 9.17) is 5.73 Å². The van der Waals surface area contributed by atoms with Gasteiger partial charge >= 0.3 is 0 Å². The maximum Gasteiger partial charge on any atom is 0.161 e. The average molecular weight is 256 g/mol. The van der Waals surface area contributed by atoms with Gasteiger partial charge in [-0.15, -0.1) is 0 Å². The summed E-state index contributed by atoms with van der Waals surface area (Å²) in [7, 11) is 4.04. The molecule has 1 aromatic heterocycles. The quantitative estimate of drug-likeness (QED) is 0.914. The van der Waals surface area contributed by atoms with Crippen LogP contribution < -0.4 is 10.6 Å². The van der Waals surface area contributed by atoms with E-state index in [1.54, 1.807) is 0 Å². The van der Waals surface area contributed by atoms with Crippen molar-refractivity contribution in [2.24, 2.45) is 0 Å². The third-order valence-corrected chi connectivity index (χ3v) is 2.95. The van der Waals surface area contributed by atoms with E-state index < -0.39 is 0 Å². The Kier molecular flexibility index (Phi) is 4.00. The third kappa shape index (κ3) is 3.22. The van der Waals surface area contributed by atoms with Gasteiger partial charge in [0.15, 0.2) is 5.82 Å². The minimum atomic E-state index is 0.533. The summed E-state index contributed by atoms with van der Waals surface area (Å²) in [4.78, 5) is 10.9. The van der Waals surface area contributed by atoms with E-state index in [0.29, 0.717) is 11.6 Å². The smallest absolute Gasteiger partial charge is 0.161 e. The van der Waals surface area contributed by atoms with Gasteiger partial charge in [-0.05, 0) is 30.7 Å². The first-order chi connectivity index (χ1) is 9.10. The van der Waals surface area contributed by atoms with Crippen molar-refractivity contribution in [3.63, 3.8) is 0 Å². The zero-order valence-corrected chi connectivity index (χ0v) is 11.7. The predicted molar refractivity (Wildman–Crippen MR) is 80.2 cm³/mol. The summed E-state index contributed by atoms with van der Waals surface area (Å²) in [5.41, 5.74) is 9.00. The number of rotatable bonds is 4. The second-order valence-corrected chi connectivity index (χ2v) is 4.80. The predicted octanol–water partition coefficient (Wildman–Crippen LogP) is 2.74. The van der Waals surface area contributed by atoms with Crippen molar-refractivity contribution in [2.45, 2.75) is 19.8 Å². The molecule has 0 bridgehead atoms. The molecule has 0 unspecified atom stereocenters. The van der Waals surface area contributed by atoms with Crippen LogP contribution in [0.4, 0.5) is 11.5 Å². The van der Waals surface area contributed by atoms with Crippen LogP contribution in [0.1, 0.15) is 19.0 Å². The van der Waals surface area contributed by atoms with Gasteiger partial charge in [0.25, 0.3) is 0 Å². The molecule has 1 heterocycles. The molecule has 0 saturated heterocycles. The number of anilines is 2. The molecule has 0 saturated carbocycles. The molecule has 0 amide bonds. The molecule has 0 aliphatic carbocycles. The zero-order valence-electron chi connectivity index (χ0n) is 11.7. The van der Waals surface area contributed by atoms with E-state index in [1.165, 1.54) is 0 Å². The Morgan fingerprint density at radius 3 is 2.37 bits per heavy atom. The maximum atomic E-state index is 5.85. The molecule has 19 heavy (non-hydrogen) atoms. The van der Waals surface area contributed by atoms with Gasteiger partial charge in [0, 0.05) is 37.1 Å². The van der Waals surface area contributed by atoms with Crippen LogP contribution in [-0.4, -0.2) is 24.1 Å². The molecule has 0 aliphatic rings. The first kappa shape index (κ1) is 13.3. The lowest BCUT2D eigenvalue weighted by molar-refractivity contribution is 0.877. The Morgan fingerprint density at radius 1 is 1.11 bits per heavy atom. The SMILES string of the molecule is CCCc1cc(N)nc(-c2ccc(N(C)C)cc2)n1. The minimum Gasteiger partial charge on any atom is -0.384 e. The molecule has 2 N–H and O–H groups in total. The molecule has 1 aromatic carbocycles. The first-order valence-electron chi connectivity index (χ1n) is 6.51. The van der Waals surface area contributed by atoms with Crippen molar-refractivity contribution in [1.29, 1.82) is 0 Å². The maximum absolute atomic E-state index is 5.85. The number of aryl methyl sites for hydroxylation is 1. The highest BCUT2D eigenvalue weighted by Gasteiger charge is 2.05. The molecule has 0 spiro atoms. The van der Waals surface area contributed by atoms with Crippen LogP contribution in [0, 0.1) is 0 Å². The van der Waals surface area contributed by atoms with Gasteiger partial charge in [-0.2, -0.15) is 0 Å². The van der Waals surface area contributed by atoms with E-state index in [9.17, 15) is 0 Å². The molecule has 4 nitrogen and oxygen atoms in total. The van der Waals surface area contributed by atoms with Crippen LogP contribution in [-0.2, 0) is 6.42 Å². The summed E-state index contributed by atoms with van der Waals surface area (Å²) in [6.45, 7) is 2.13. The Balaban J connectivity index is 2.35. The largest absolute Gasteiger partial charge is 0.384 e. The Morgan fingerprint density at radius 2 is 1.79 bits per heavy atom. The monoisotopic (exact) mass is 256 g/mol. The van der Waals surface area contributed by atoms with Crippen LogP contribution in [0.15, 0.2) is 30.3 Å². The van der Waals surface area contributed by atoms with Crippen LogP contribution in [0.25, 0.3) is 11.4 Å². The molecule has 4 heteroatoms. The van der Waals surface area contributed by atoms with Crippen molar-refractivity contribution in [2.75, 3.05) is 24.7 Å². The van der Waals surface area contributed by atoms with E-state index in [1.807, 2.05) is 32.3 Å². The summed E-state index contributed by atoms with van der Waals surface area (Å²) in [5, 5.41) is 0. The van der Waals surface area contributed by atoms with Crippen LogP contribution >= 0.6 is 0 Å². The number of hydrogen-bond donors (Lipinski definition) is 1. The highest BCUT2D eigenvalue weighted by molar-refractivity contribution is 5.61. The van der Waals surface area contributed by atoms with Crippen molar-refractivity contribution < 1.29 is 0 Å². The van der Waals surface area contributed by atoms with Crippen LogP contribution in [0.3, 0.4) is 0 Å². The van der Waals surface area contributed by atoms with Gasteiger partial charge < -0.3 is 10.6 Å². The molecular weight excluding hydrogens is 236 g/mol. The molecule has 0 atom stereocenters. The zero-order chi connectivity index (χ0) is 13.8. The molecule has 0 radical (unpaired) electrons. The van der Waals surface area contributed by atoms with Crippen molar-refractivity contribution in [3.8, 4) is 11.4 Å². The van der Waals surface area contributed by atoms with Crippen molar-refractivity contribution in [1.82, 2.24) is 9.97 Å². The van der Waals surface area contributed by atoms with E-state index in [2.05, 4.69) is 33.9 Å². The number of benzene rings is 1. The van der Waals surface area contributed by atoms with Gasteiger partial charge in [-0.25, -0.2) is 9.97 Å². The lowest BCUT2D eigenvalue weighted by atomic mass is 10.1. The second kappa shape index (κ2) is 5.69. The molecule has 0 fully saturated rings. The normalized spacial score (nSPS) is 10.5. The van der Waals surface area contributed by atoms with Crippen molar-refractivity contribution >= 4 is 11.5 Å². The van der Waals surface area contributed by atoms with E-state index in [-0.39, 0.29) is 0 Å². The number of hydrogen-bond acceptors (Lipinski definition) is 4. The van der Waals surface area contributed by atoms with Gasteiger partial charge in [-0.3, -0.25) is 0 Å². The fraction of sp³-hybridized carbons (Fsp3) is 0.333. The summed E-state index contributed by atoms with van der Waals surface area (Å²) in [6.07, 6.45) is 1.98. The Hall–Kier alpha value is -2.10. The number of aromatic nitrogens is 2. The Labute approximate surface area is 114 Å². The Bertz CT molecular complexity index is 547. The first-order valence-corrected chi connectivity index (χ1v) is 6.51. The van der Waals surface area contributed by atoms with E-state index in [0.717, 1.165) is 29.8 Å². The van der Waals surface area contributed by atoms with Gasteiger partial charge in [0.1, 0.15) is 5.82 Å². The fourth-order valence-electron chi connectivity index (χ4n) is 1.94. The van der Waals surface area contributed by atoms with Crippen LogP contribution in [0.5, 0.6) is 0 Å². The second-order valence-electron chi connectivity index (χ2n) is 4.80. The van der Waals surface area contributed by atoms with Gasteiger partial charge in [0.05, 0.1) is 0 Å². The third-order valence-electron chi connectivity index (χ3n) is 2.95. The fourth-order valence-corrected chi connectivity index (χ4v) is 1.94. The number of nitrogens with zero attached hydrogens (tertiary/aromatic N) is 3. The molecule has 0 aliphatic heterocycles. The number of nitrogen functional groups attached to an aromatic ring is 1. The lowest BCUT2D eigenvalue weighted by Gasteiger charge is -2.12. The summed E-state index contributed by atoms with van der Waals surface area (Å²) in [5.74, 6) is 1.24. The average Bonchev–Trinajstić information content (AvgIpc) is 2.38. The van der Waals surface area contributed by atoms with E-state index >= 15 is 0 Å². The van der Waals surface area contributed by atoms with Gasteiger partial charge in [0.2, 0.25) is 0 Å². The summed E-state index contributed by atoms with van der Waals surface area (Å²) < 4.78 is 0. The summed E-state index contributed by atoms with van der Waals surface area (Å²) >= 11 is 0. The van der Waals surface area contributed by atoms with Crippen molar-refractivity contribution in [3.05, 3.63) is 36.0 Å². The van der Waals surface area contributed by atoms with Crippen LogP contribution in [0.2, 0.25) is 0 Å². The molecule has 100 valence electrons. The number of nitrogens with two attached hydrogens (primary N) is 1. The highest BCUT2D eigenvalue weighted by Crippen LogP contribution is 2.21. The van der Waals surface area contributed by atoms with Gasteiger partial charge in [-0.1, -0.05) is 13.3 Å². The minimum absolute atomic E-state index is 0.533. The highest BCUT2D eigenvalue weighted by atomic mass is 15.1.